The number of ether oxygens (including phenoxy) is 3. The van der Waals surface area contributed by atoms with Gasteiger partial charge in [0.05, 0.1) is 0 Å². The smallest absolute Gasteiger partial charge is 0.285 e. The Hall–Kier alpha value is 0.170. The summed E-state index contributed by atoms with van der Waals surface area (Å²) in [7, 11) is 0. The molecule has 1 unspecified atom stereocenters. The summed E-state index contributed by atoms with van der Waals surface area (Å²) in [5.41, 5.74) is 0. The molecule has 0 aliphatic heterocycles. The van der Waals surface area contributed by atoms with Gasteiger partial charge in [0.25, 0.3) is 5.97 Å². The van der Waals surface area contributed by atoms with Crippen molar-refractivity contribution in [1.29, 1.82) is 0 Å². The summed E-state index contributed by atoms with van der Waals surface area (Å²) in [5.74, 6) is 0.195. The van der Waals surface area contributed by atoms with Crippen LogP contribution in [0.2, 0.25) is 0 Å². The predicted octanol–water partition coefficient (Wildman–Crippen LogP) is 7.31. The van der Waals surface area contributed by atoms with Gasteiger partial charge in [-0.15, -0.1) is 11.6 Å². The van der Waals surface area contributed by atoms with Crippen LogP contribution in [-0.4, -0.2) is 31.7 Å². The van der Waals surface area contributed by atoms with Gasteiger partial charge in [0.1, 0.15) is 0 Å². The van der Waals surface area contributed by atoms with Crippen molar-refractivity contribution in [3.63, 3.8) is 0 Å². The first-order valence-electron chi connectivity index (χ1n) is 11.2. The fourth-order valence-corrected chi connectivity index (χ4v) is 3.78. The summed E-state index contributed by atoms with van der Waals surface area (Å²) in [4.78, 5) is 0. The van der Waals surface area contributed by atoms with E-state index in [1.807, 2.05) is 20.8 Å². The first-order valence-corrected chi connectivity index (χ1v) is 11.7. The Bertz CT molecular complexity index is 270. The Morgan fingerprint density at radius 2 is 1.04 bits per heavy atom. The highest BCUT2D eigenvalue weighted by atomic mass is 35.5. The molecule has 0 aliphatic carbocycles. The lowest BCUT2D eigenvalue weighted by Gasteiger charge is -2.39. The number of rotatable bonds is 20. The van der Waals surface area contributed by atoms with Crippen molar-refractivity contribution in [2.24, 2.45) is 5.92 Å². The van der Waals surface area contributed by atoms with E-state index in [1.54, 1.807) is 0 Å². The summed E-state index contributed by atoms with van der Waals surface area (Å²) < 4.78 is 18.2. The quantitative estimate of drug-likeness (QED) is 0.123. The summed E-state index contributed by atoms with van der Waals surface area (Å²) in [6.45, 7) is 10.2. The van der Waals surface area contributed by atoms with Gasteiger partial charge in [-0.2, -0.15) is 0 Å². The van der Waals surface area contributed by atoms with Gasteiger partial charge in [-0.25, -0.2) is 0 Å². The number of alkyl halides is 1. The molecule has 0 rings (SSSR count). The predicted molar refractivity (Wildman–Crippen MR) is 113 cm³/mol. The van der Waals surface area contributed by atoms with Crippen molar-refractivity contribution in [3.8, 4) is 0 Å². The van der Waals surface area contributed by atoms with Crippen molar-refractivity contribution < 1.29 is 14.2 Å². The molecule has 0 saturated carbocycles. The van der Waals surface area contributed by atoms with Gasteiger partial charge in [0.15, 0.2) is 0 Å². The molecule has 0 fully saturated rings. The average molecular weight is 393 g/mol. The van der Waals surface area contributed by atoms with Crippen molar-refractivity contribution in [2.75, 3.05) is 25.7 Å². The number of halogens is 1. The fraction of sp³-hybridized carbons (Fsp3) is 1.00. The highest BCUT2D eigenvalue weighted by Crippen LogP contribution is 2.34. The van der Waals surface area contributed by atoms with Crippen LogP contribution in [0.25, 0.3) is 0 Å². The first-order chi connectivity index (χ1) is 12.7. The first kappa shape index (κ1) is 26.2. The molecule has 0 bridgehead atoms. The van der Waals surface area contributed by atoms with E-state index < -0.39 is 5.97 Å². The summed E-state index contributed by atoms with van der Waals surface area (Å²) >= 11 is 5.80. The van der Waals surface area contributed by atoms with Crippen LogP contribution in [0.15, 0.2) is 0 Å². The molecule has 3 nitrogen and oxygen atoms in total. The van der Waals surface area contributed by atoms with E-state index in [0.29, 0.717) is 25.7 Å². The molecule has 0 radical (unpaired) electrons. The molecule has 26 heavy (non-hydrogen) atoms. The van der Waals surface area contributed by atoms with Crippen LogP contribution in [0, 0.1) is 5.92 Å². The maximum absolute atomic E-state index is 6.08. The second kappa shape index (κ2) is 18.5. The topological polar surface area (TPSA) is 27.7 Å². The molecule has 0 amide bonds. The number of unbranched alkanes of at least 4 members (excludes halogenated alkanes) is 8. The van der Waals surface area contributed by atoms with Crippen molar-refractivity contribution in [3.05, 3.63) is 0 Å². The van der Waals surface area contributed by atoms with E-state index in [1.165, 1.54) is 57.8 Å². The van der Waals surface area contributed by atoms with Crippen LogP contribution >= 0.6 is 11.6 Å². The zero-order valence-corrected chi connectivity index (χ0v) is 18.7. The van der Waals surface area contributed by atoms with Crippen molar-refractivity contribution in [2.45, 2.75) is 111 Å². The second-order valence-electron chi connectivity index (χ2n) is 7.05. The molecule has 0 saturated heterocycles. The summed E-state index contributed by atoms with van der Waals surface area (Å²) in [6, 6.07) is 0. The summed E-state index contributed by atoms with van der Waals surface area (Å²) in [5, 5.41) is 0. The van der Waals surface area contributed by atoms with E-state index in [2.05, 4.69) is 6.92 Å². The van der Waals surface area contributed by atoms with Crippen LogP contribution in [0.3, 0.4) is 0 Å². The molecule has 0 aromatic carbocycles. The van der Waals surface area contributed by atoms with Gasteiger partial charge in [0, 0.05) is 31.6 Å². The van der Waals surface area contributed by atoms with E-state index >= 15 is 0 Å². The van der Waals surface area contributed by atoms with Gasteiger partial charge in [-0.05, 0) is 40.0 Å². The Morgan fingerprint density at radius 1 is 0.615 bits per heavy atom. The monoisotopic (exact) mass is 392 g/mol. The molecule has 0 heterocycles. The minimum absolute atomic E-state index is 0.296. The van der Waals surface area contributed by atoms with Crippen LogP contribution < -0.4 is 0 Å². The molecule has 0 aromatic rings. The SMILES string of the molecule is CCCCCCCCC(CCCCCCCl)C(OCC)(OCC)OCC. The Morgan fingerprint density at radius 3 is 1.46 bits per heavy atom. The fourth-order valence-electron chi connectivity index (χ4n) is 3.59. The Balaban J connectivity index is 4.74. The molecule has 0 N–H and O–H groups in total. The van der Waals surface area contributed by atoms with Gasteiger partial charge < -0.3 is 14.2 Å². The normalized spacial score (nSPS) is 13.3. The standard InChI is InChI=1S/C22H45ClO3/c1-5-9-10-11-12-15-18-21(19-16-13-14-17-20-23)22(24-6-2,25-7-3)26-8-4/h21H,5-20H2,1-4H3. The zero-order chi connectivity index (χ0) is 19.5. The van der Waals surface area contributed by atoms with Crippen LogP contribution in [0.5, 0.6) is 0 Å². The molecule has 0 spiro atoms. The molecule has 4 heteroatoms. The lowest BCUT2D eigenvalue weighted by Crippen LogP contribution is -2.46. The summed E-state index contributed by atoms with van der Waals surface area (Å²) in [6.07, 6.45) is 14.8. The van der Waals surface area contributed by atoms with Crippen molar-refractivity contribution >= 4 is 11.6 Å². The molecule has 0 aliphatic rings. The van der Waals surface area contributed by atoms with Crippen LogP contribution in [-0.2, 0) is 14.2 Å². The number of hydrogen-bond acceptors (Lipinski definition) is 3. The van der Waals surface area contributed by atoms with Gasteiger partial charge in [-0.1, -0.05) is 64.7 Å². The highest BCUT2D eigenvalue weighted by Gasteiger charge is 2.41. The van der Waals surface area contributed by atoms with Gasteiger partial charge >= 0.3 is 0 Å². The van der Waals surface area contributed by atoms with Gasteiger partial charge in [0.2, 0.25) is 0 Å². The molecule has 0 aromatic heterocycles. The minimum atomic E-state index is -0.867. The maximum atomic E-state index is 6.08. The minimum Gasteiger partial charge on any atom is -0.328 e. The van der Waals surface area contributed by atoms with Crippen molar-refractivity contribution in [1.82, 2.24) is 0 Å². The van der Waals surface area contributed by atoms with E-state index in [9.17, 15) is 0 Å². The Kier molecular flexibility index (Phi) is 18.7. The lowest BCUT2D eigenvalue weighted by atomic mass is 9.91. The zero-order valence-electron chi connectivity index (χ0n) is 18.0. The van der Waals surface area contributed by atoms with E-state index in [4.69, 9.17) is 25.8 Å². The van der Waals surface area contributed by atoms with Crippen LogP contribution in [0.1, 0.15) is 105 Å². The molecular formula is C22H45ClO3. The highest BCUT2D eigenvalue weighted by molar-refractivity contribution is 6.17. The molecule has 1 atom stereocenters. The van der Waals surface area contributed by atoms with E-state index in [0.717, 1.165) is 25.1 Å². The number of hydrogen-bond donors (Lipinski definition) is 0. The third-order valence-electron chi connectivity index (χ3n) is 4.88. The van der Waals surface area contributed by atoms with Gasteiger partial charge in [-0.3, -0.25) is 0 Å². The maximum Gasteiger partial charge on any atom is 0.285 e. The van der Waals surface area contributed by atoms with E-state index in [-0.39, 0.29) is 0 Å². The third kappa shape index (κ3) is 11.8. The van der Waals surface area contributed by atoms with Crippen LogP contribution in [0.4, 0.5) is 0 Å². The average Bonchev–Trinajstić information content (AvgIpc) is 2.63. The molecular weight excluding hydrogens is 348 g/mol. The largest absolute Gasteiger partial charge is 0.328 e. The third-order valence-corrected chi connectivity index (χ3v) is 5.15. The lowest BCUT2D eigenvalue weighted by molar-refractivity contribution is -0.403. The Labute approximate surface area is 168 Å². The molecule has 158 valence electrons. The second-order valence-corrected chi connectivity index (χ2v) is 7.43.